The Morgan fingerprint density at radius 1 is 1.32 bits per heavy atom. The maximum Gasteiger partial charge on any atom is 0.156 e. The van der Waals surface area contributed by atoms with Crippen molar-refractivity contribution in [1.82, 2.24) is 10.3 Å². The Labute approximate surface area is 123 Å². The average Bonchev–Trinajstić information content (AvgIpc) is 2.85. The number of nitrogens with zero attached hydrogens (tertiary/aromatic N) is 2. The van der Waals surface area contributed by atoms with Gasteiger partial charge in [0, 0.05) is 17.7 Å². The largest absolute Gasteiger partial charge is 0.359 e. The third kappa shape index (κ3) is 3.31. The van der Waals surface area contributed by atoms with Crippen LogP contribution >= 0.6 is 23.1 Å². The predicted octanol–water partition coefficient (Wildman–Crippen LogP) is 3.59. The molecule has 2 heterocycles. The van der Waals surface area contributed by atoms with Gasteiger partial charge in [0.15, 0.2) is 5.17 Å². The van der Waals surface area contributed by atoms with E-state index in [-0.39, 0.29) is 0 Å². The minimum atomic E-state index is 0.519. The molecule has 0 aromatic carbocycles. The summed E-state index contributed by atoms with van der Waals surface area (Å²) in [5.41, 5.74) is 1.65. The molecule has 1 aromatic rings. The van der Waals surface area contributed by atoms with Gasteiger partial charge in [-0.15, -0.1) is 11.3 Å². The van der Waals surface area contributed by atoms with E-state index in [1.165, 1.54) is 37.9 Å². The van der Waals surface area contributed by atoms with E-state index in [2.05, 4.69) is 15.7 Å². The van der Waals surface area contributed by atoms with Crippen molar-refractivity contribution in [2.75, 3.05) is 12.3 Å². The molecule has 1 aliphatic carbocycles. The van der Waals surface area contributed by atoms with Gasteiger partial charge in [-0.2, -0.15) is 0 Å². The van der Waals surface area contributed by atoms with Crippen molar-refractivity contribution in [1.29, 1.82) is 0 Å². The zero-order valence-corrected chi connectivity index (χ0v) is 13.1. The monoisotopic (exact) mass is 295 g/mol. The van der Waals surface area contributed by atoms with Crippen LogP contribution in [0.4, 0.5) is 0 Å². The highest BCUT2D eigenvalue weighted by Gasteiger charge is 2.34. The molecule has 1 saturated carbocycles. The lowest BCUT2D eigenvalue weighted by Crippen LogP contribution is -2.36. The van der Waals surface area contributed by atoms with Crippen LogP contribution in [-0.2, 0) is 6.54 Å². The molecule has 3 rings (SSSR count). The summed E-state index contributed by atoms with van der Waals surface area (Å²) in [6, 6.07) is 0. The van der Waals surface area contributed by atoms with Crippen molar-refractivity contribution in [2.45, 2.75) is 45.6 Å². The van der Waals surface area contributed by atoms with Crippen LogP contribution in [0.5, 0.6) is 0 Å². The van der Waals surface area contributed by atoms with Crippen LogP contribution in [0.15, 0.2) is 10.4 Å². The maximum atomic E-state index is 4.77. The SMILES string of the molecule is Cc1nc(CNC2=NCC3(CCCCC3)CS2)cs1. The van der Waals surface area contributed by atoms with E-state index in [1.54, 1.807) is 11.3 Å². The molecular weight excluding hydrogens is 274 g/mol. The van der Waals surface area contributed by atoms with Crippen molar-refractivity contribution < 1.29 is 0 Å². The molecule has 0 radical (unpaired) electrons. The van der Waals surface area contributed by atoms with Gasteiger partial charge >= 0.3 is 0 Å². The van der Waals surface area contributed by atoms with Crippen LogP contribution in [0.3, 0.4) is 0 Å². The number of hydrogen-bond acceptors (Lipinski definition) is 5. The van der Waals surface area contributed by atoms with Crippen LogP contribution in [0.1, 0.15) is 42.8 Å². The summed E-state index contributed by atoms with van der Waals surface area (Å²) < 4.78 is 0. The lowest BCUT2D eigenvalue weighted by Gasteiger charge is -2.38. The molecule has 104 valence electrons. The fourth-order valence-electron chi connectivity index (χ4n) is 2.92. The number of thioether (sulfide) groups is 1. The fraction of sp³-hybridized carbons (Fsp3) is 0.714. The number of aryl methyl sites for hydroxylation is 1. The second-order valence-corrected chi connectivity index (χ2v) is 7.71. The van der Waals surface area contributed by atoms with Crippen molar-refractivity contribution in [3.8, 4) is 0 Å². The number of thiazole rings is 1. The van der Waals surface area contributed by atoms with E-state index in [9.17, 15) is 0 Å². The first-order chi connectivity index (χ1) is 9.26. The Morgan fingerprint density at radius 3 is 2.79 bits per heavy atom. The summed E-state index contributed by atoms with van der Waals surface area (Å²) >= 11 is 3.62. The lowest BCUT2D eigenvalue weighted by atomic mass is 9.75. The smallest absolute Gasteiger partial charge is 0.156 e. The molecule has 0 unspecified atom stereocenters. The molecule has 1 spiro atoms. The van der Waals surface area contributed by atoms with Gasteiger partial charge in [0.1, 0.15) is 0 Å². The number of aromatic nitrogens is 1. The third-order valence-corrected chi connectivity index (χ3v) is 6.20. The molecule has 3 nitrogen and oxygen atoms in total. The summed E-state index contributed by atoms with van der Waals surface area (Å²) in [4.78, 5) is 9.24. The highest BCUT2D eigenvalue weighted by atomic mass is 32.2. The molecule has 19 heavy (non-hydrogen) atoms. The standard InChI is InChI=1S/C14H21N3S2/c1-11-17-12(8-18-11)7-15-13-16-9-14(10-19-13)5-3-2-4-6-14/h8H,2-7,9-10H2,1H3,(H,15,16). The highest BCUT2D eigenvalue weighted by Crippen LogP contribution is 2.41. The van der Waals surface area contributed by atoms with Crippen molar-refractivity contribution >= 4 is 28.3 Å². The first-order valence-corrected chi connectivity index (χ1v) is 8.94. The van der Waals surface area contributed by atoms with Gasteiger partial charge in [0.05, 0.1) is 17.2 Å². The molecular formula is C14H21N3S2. The Bertz CT molecular complexity index is 461. The molecule has 1 aliphatic heterocycles. The molecule has 1 N–H and O–H groups in total. The molecule has 0 amide bonds. The Kier molecular flexibility index (Phi) is 4.12. The minimum Gasteiger partial charge on any atom is -0.359 e. The second kappa shape index (κ2) is 5.83. The van der Waals surface area contributed by atoms with E-state index in [1.807, 2.05) is 18.7 Å². The summed E-state index contributed by atoms with van der Waals surface area (Å²) in [6.45, 7) is 3.88. The number of aliphatic imine (C=N–C) groups is 1. The predicted molar refractivity (Wildman–Crippen MR) is 84.0 cm³/mol. The summed E-state index contributed by atoms with van der Waals surface area (Å²) in [7, 11) is 0. The first-order valence-electron chi connectivity index (χ1n) is 7.08. The van der Waals surface area contributed by atoms with Gasteiger partial charge < -0.3 is 5.32 Å². The second-order valence-electron chi connectivity index (χ2n) is 5.68. The average molecular weight is 295 g/mol. The molecule has 0 atom stereocenters. The van der Waals surface area contributed by atoms with Crippen LogP contribution in [-0.4, -0.2) is 22.4 Å². The van der Waals surface area contributed by atoms with E-state index >= 15 is 0 Å². The van der Waals surface area contributed by atoms with Gasteiger partial charge in [-0.25, -0.2) is 4.98 Å². The summed E-state index contributed by atoms with van der Waals surface area (Å²) in [5, 5.41) is 7.80. The Morgan fingerprint density at radius 2 is 2.16 bits per heavy atom. The summed E-state index contributed by atoms with van der Waals surface area (Å²) in [6.07, 6.45) is 6.97. The normalized spacial score (nSPS) is 22.3. The highest BCUT2D eigenvalue weighted by molar-refractivity contribution is 8.13. The Hall–Kier alpha value is -0.550. The van der Waals surface area contributed by atoms with Crippen molar-refractivity contribution in [3.05, 3.63) is 16.1 Å². The number of rotatable bonds is 2. The lowest BCUT2D eigenvalue weighted by molar-refractivity contribution is 0.232. The van der Waals surface area contributed by atoms with E-state index < -0.39 is 0 Å². The number of amidine groups is 1. The fourth-order valence-corrected chi connectivity index (χ4v) is 4.68. The van der Waals surface area contributed by atoms with Crippen LogP contribution < -0.4 is 5.32 Å². The van der Waals surface area contributed by atoms with Crippen molar-refractivity contribution in [3.63, 3.8) is 0 Å². The molecule has 1 aromatic heterocycles. The van der Waals surface area contributed by atoms with Crippen LogP contribution in [0, 0.1) is 12.3 Å². The van der Waals surface area contributed by atoms with Gasteiger partial charge in [-0.1, -0.05) is 31.0 Å². The maximum absolute atomic E-state index is 4.77. The van der Waals surface area contributed by atoms with Gasteiger partial charge in [0.2, 0.25) is 0 Å². The van der Waals surface area contributed by atoms with E-state index in [0.29, 0.717) is 5.41 Å². The molecule has 5 heteroatoms. The number of nitrogens with one attached hydrogen (secondary N) is 1. The van der Waals surface area contributed by atoms with Crippen LogP contribution in [0.2, 0.25) is 0 Å². The molecule has 1 fully saturated rings. The van der Waals surface area contributed by atoms with E-state index in [4.69, 9.17) is 4.99 Å². The zero-order chi connectivity index (χ0) is 13.1. The van der Waals surface area contributed by atoms with Crippen LogP contribution in [0.25, 0.3) is 0 Å². The quantitative estimate of drug-likeness (QED) is 0.906. The number of hydrogen-bond donors (Lipinski definition) is 1. The summed E-state index contributed by atoms with van der Waals surface area (Å²) in [5.74, 6) is 1.24. The molecule has 0 bridgehead atoms. The van der Waals surface area contributed by atoms with Gasteiger partial charge in [0.25, 0.3) is 0 Å². The molecule has 2 aliphatic rings. The minimum absolute atomic E-state index is 0.519. The van der Waals surface area contributed by atoms with Gasteiger partial charge in [-0.3, -0.25) is 4.99 Å². The molecule has 0 saturated heterocycles. The topological polar surface area (TPSA) is 37.3 Å². The van der Waals surface area contributed by atoms with E-state index in [0.717, 1.165) is 29.0 Å². The Balaban J connectivity index is 1.53. The first kappa shape index (κ1) is 13.4. The third-order valence-electron chi connectivity index (χ3n) is 4.07. The zero-order valence-electron chi connectivity index (χ0n) is 11.4. The van der Waals surface area contributed by atoms with Crippen molar-refractivity contribution in [2.24, 2.45) is 10.4 Å². The van der Waals surface area contributed by atoms with Gasteiger partial charge in [-0.05, 0) is 25.2 Å².